The van der Waals surface area contributed by atoms with Gasteiger partial charge in [0, 0.05) is 12.3 Å². The number of aryl methyl sites for hydroxylation is 1. The van der Waals surface area contributed by atoms with Crippen molar-refractivity contribution < 1.29 is 9.90 Å². The van der Waals surface area contributed by atoms with E-state index in [2.05, 4.69) is 17.0 Å². The molecule has 0 aliphatic carbocycles. The van der Waals surface area contributed by atoms with E-state index in [4.69, 9.17) is 5.11 Å². The summed E-state index contributed by atoms with van der Waals surface area (Å²) in [7, 11) is 0. The van der Waals surface area contributed by atoms with Crippen LogP contribution in [0.4, 0.5) is 0 Å². The van der Waals surface area contributed by atoms with Crippen molar-refractivity contribution in [2.45, 2.75) is 32.1 Å². The molecule has 0 aliphatic heterocycles. The minimum atomic E-state index is -0.752. The molecular formula is C9H15N3O2S. The Bertz CT molecular complexity index is 314. The Hall–Kier alpha value is -1.04. The van der Waals surface area contributed by atoms with Crippen LogP contribution in [-0.4, -0.2) is 31.6 Å². The number of aromatic nitrogens is 3. The third-order valence-electron chi connectivity index (χ3n) is 1.82. The van der Waals surface area contributed by atoms with Gasteiger partial charge in [0.1, 0.15) is 12.2 Å². The van der Waals surface area contributed by atoms with Gasteiger partial charge in [0.05, 0.1) is 12.2 Å². The topological polar surface area (TPSA) is 68.0 Å². The summed E-state index contributed by atoms with van der Waals surface area (Å²) in [6, 6.07) is 0. The standard InChI is InChI=1S/C9H15N3O2S/c1-2-4-12-8(10-7-11-12)6-15-5-3-9(13)14/h7H,2-6H2,1H3,(H,13,14). The summed E-state index contributed by atoms with van der Waals surface area (Å²) in [5.41, 5.74) is 0. The molecule has 0 spiro atoms. The third kappa shape index (κ3) is 4.33. The van der Waals surface area contributed by atoms with E-state index in [1.54, 1.807) is 18.1 Å². The number of hydrogen-bond acceptors (Lipinski definition) is 4. The summed E-state index contributed by atoms with van der Waals surface area (Å²) in [4.78, 5) is 14.4. The van der Waals surface area contributed by atoms with E-state index in [0.717, 1.165) is 24.5 Å². The molecule has 0 saturated carbocycles. The predicted molar refractivity (Wildman–Crippen MR) is 58.7 cm³/mol. The van der Waals surface area contributed by atoms with Crippen LogP contribution in [0, 0.1) is 0 Å². The molecule has 1 N–H and O–H groups in total. The molecule has 0 radical (unpaired) electrons. The van der Waals surface area contributed by atoms with Crippen LogP contribution in [0.25, 0.3) is 0 Å². The lowest BCUT2D eigenvalue weighted by Gasteiger charge is -2.03. The van der Waals surface area contributed by atoms with Gasteiger partial charge in [-0.25, -0.2) is 9.67 Å². The van der Waals surface area contributed by atoms with Crippen LogP contribution >= 0.6 is 11.8 Å². The zero-order valence-electron chi connectivity index (χ0n) is 8.72. The Morgan fingerprint density at radius 1 is 1.67 bits per heavy atom. The number of thioether (sulfide) groups is 1. The van der Waals surface area contributed by atoms with Crippen LogP contribution in [0.3, 0.4) is 0 Å². The SMILES string of the molecule is CCCn1ncnc1CSCCC(=O)O. The van der Waals surface area contributed by atoms with Crippen molar-refractivity contribution in [2.24, 2.45) is 0 Å². The second-order valence-corrected chi connectivity index (χ2v) is 4.20. The maximum absolute atomic E-state index is 10.3. The first-order valence-corrected chi connectivity index (χ1v) is 6.05. The number of nitrogens with zero attached hydrogens (tertiary/aromatic N) is 3. The van der Waals surface area contributed by atoms with Gasteiger partial charge in [-0.3, -0.25) is 4.79 Å². The Balaban J connectivity index is 2.30. The Labute approximate surface area is 92.9 Å². The fourth-order valence-electron chi connectivity index (χ4n) is 1.12. The van der Waals surface area contributed by atoms with Gasteiger partial charge in [-0.2, -0.15) is 16.9 Å². The number of carbonyl (C=O) groups is 1. The van der Waals surface area contributed by atoms with Crippen LogP contribution in [-0.2, 0) is 17.1 Å². The van der Waals surface area contributed by atoms with Crippen molar-refractivity contribution >= 4 is 17.7 Å². The summed E-state index contributed by atoms with van der Waals surface area (Å²) in [6.07, 6.45) is 2.77. The van der Waals surface area contributed by atoms with Crippen molar-refractivity contribution in [2.75, 3.05) is 5.75 Å². The van der Waals surface area contributed by atoms with E-state index in [-0.39, 0.29) is 6.42 Å². The van der Waals surface area contributed by atoms with Crippen LogP contribution in [0.1, 0.15) is 25.6 Å². The highest BCUT2D eigenvalue weighted by Gasteiger charge is 2.04. The molecule has 0 aliphatic rings. The zero-order chi connectivity index (χ0) is 11.1. The quantitative estimate of drug-likeness (QED) is 0.716. The maximum Gasteiger partial charge on any atom is 0.304 e. The lowest BCUT2D eigenvalue weighted by atomic mass is 10.5. The summed E-state index contributed by atoms with van der Waals surface area (Å²) in [5.74, 6) is 1.52. The predicted octanol–water partition coefficient (Wildman–Crippen LogP) is 1.40. The van der Waals surface area contributed by atoms with E-state index in [9.17, 15) is 4.79 Å². The zero-order valence-corrected chi connectivity index (χ0v) is 9.53. The number of aliphatic carboxylic acids is 1. The molecule has 0 amide bonds. The summed E-state index contributed by atoms with van der Waals surface area (Å²) < 4.78 is 1.87. The molecule has 0 aromatic carbocycles. The highest BCUT2D eigenvalue weighted by atomic mass is 32.2. The second-order valence-electron chi connectivity index (χ2n) is 3.10. The summed E-state index contributed by atoms with van der Waals surface area (Å²) >= 11 is 1.58. The molecule has 0 unspecified atom stereocenters. The smallest absolute Gasteiger partial charge is 0.304 e. The van der Waals surface area contributed by atoms with Gasteiger partial charge >= 0.3 is 5.97 Å². The summed E-state index contributed by atoms with van der Waals surface area (Å²) in [6.45, 7) is 2.96. The third-order valence-corrected chi connectivity index (χ3v) is 2.78. The van der Waals surface area contributed by atoms with Crippen LogP contribution in [0.15, 0.2) is 6.33 Å². The van der Waals surface area contributed by atoms with E-state index in [1.807, 2.05) is 4.68 Å². The van der Waals surface area contributed by atoms with E-state index >= 15 is 0 Å². The average Bonchev–Trinajstić information content (AvgIpc) is 2.61. The van der Waals surface area contributed by atoms with Gasteiger partial charge in [0.25, 0.3) is 0 Å². The largest absolute Gasteiger partial charge is 0.481 e. The number of carboxylic acid groups (broad SMARTS) is 1. The number of rotatable bonds is 7. The molecule has 15 heavy (non-hydrogen) atoms. The second kappa shape index (κ2) is 6.44. The highest BCUT2D eigenvalue weighted by molar-refractivity contribution is 7.98. The lowest BCUT2D eigenvalue weighted by Crippen LogP contribution is -2.04. The molecule has 1 aromatic heterocycles. The number of carboxylic acids is 1. The first-order chi connectivity index (χ1) is 7.24. The van der Waals surface area contributed by atoms with Crippen molar-refractivity contribution in [3.05, 3.63) is 12.2 Å². The van der Waals surface area contributed by atoms with Gasteiger partial charge in [-0.05, 0) is 6.42 Å². The normalized spacial score (nSPS) is 10.5. The van der Waals surface area contributed by atoms with Gasteiger partial charge < -0.3 is 5.11 Å². The minimum absolute atomic E-state index is 0.201. The van der Waals surface area contributed by atoms with Crippen molar-refractivity contribution in [3.8, 4) is 0 Å². The van der Waals surface area contributed by atoms with E-state index in [1.165, 1.54) is 0 Å². The van der Waals surface area contributed by atoms with Crippen LogP contribution in [0.5, 0.6) is 0 Å². The number of hydrogen-bond donors (Lipinski definition) is 1. The summed E-state index contributed by atoms with van der Waals surface area (Å²) in [5, 5.41) is 12.6. The molecular weight excluding hydrogens is 214 g/mol. The first kappa shape index (κ1) is 12.0. The lowest BCUT2D eigenvalue weighted by molar-refractivity contribution is -0.136. The highest BCUT2D eigenvalue weighted by Crippen LogP contribution is 2.10. The fraction of sp³-hybridized carbons (Fsp3) is 0.667. The monoisotopic (exact) mass is 229 g/mol. The Morgan fingerprint density at radius 2 is 2.47 bits per heavy atom. The molecule has 5 nitrogen and oxygen atoms in total. The van der Waals surface area contributed by atoms with Crippen molar-refractivity contribution in [1.29, 1.82) is 0 Å². The van der Waals surface area contributed by atoms with E-state index < -0.39 is 5.97 Å². The maximum atomic E-state index is 10.3. The molecule has 0 saturated heterocycles. The molecule has 6 heteroatoms. The molecule has 0 atom stereocenters. The Morgan fingerprint density at radius 3 is 3.13 bits per heavy atom. The van der Waals surface area contributed by atoms with Crippen LogP contribution < -0.4 is 0 Å². The Kier molecular flexibility index (Phi) is 5.17. The van der Waals surface area contributed by atoms with Crippen molar-refractivity contribution in [3.63, 3.8) is 0 Å². The first-order valence-electron chi connectivity index (χ1n) is 4.90. The minimum Gasteiger partial charge on any atom is -0.481 e. The molecule has 0 bridgehead atoms. The van der Waals surface area contributed by atoms with Gasteiger partial charge in [0.15, 0.2) is 0 Å². The van der Waals surface area contributed by atoms with Crippen LogP contribution in [0.2, 0.25) is 0 Å². The van der Waals surface area contributed by atoms with Gasteiger partial charge in [-0.1, -0.05) is 6.92 Å². The fourth-order valence-corrected chi connectivity index (χ4v) is 1.99. The average molecular weight is 229 g/mol. The van der Waals surface area contributed by atoms with Gasteiger partial charge in [-0.15, -0.1) is 0 Å². The molecule has 1 rings (SSSR count). The molecule has 0 fully saturated rings. The molecule has 1 heterocycles. The van der Waals surface area contributed by atoms with Gasteiger partial charge in [0.2, 0.25) is 0 Å². The molecule has 84 valence electrons. The van der Waals surface area contributed by atoms with E-state index in [0.29, 0.717) is 5.75 Å². The van der Waals surface area contributed by atoms with Crippen molar-refractivity contribution in [1.82, 2.24) is 14.8 Å². The molecule has 1 aromatic rings.